The molecule has 0 N–H and O–H groups in total. The van der Waals surface area contributed by atoms with Crippen molar-refractivity contribution in [2.45, 2.75) is 25.5 Å². The first kappa shape index (κ1) is 13.9. The number of rotatable bonds is 4. The minimum Gasteiger partial charge on any atom is -0.467 e. The van der Waals surface area contributed by atoms with Crippen LogP contribution in [0.5, 0.6) is 5.19 Å². The molecule has 3 rings (SSSR count). The number of hydrogen-bond acceptors (Lipinski definition) is 4. The van der Waals surface area contributed by atoms with Gasteiger partial charge < -0.3 is 4.74 Å². The first-order valence-corrected chi connectivity index (χ1v) is 8.08. The van der Waals surface area contributed by atoms with Gasteiger partial charge in [0.25, 0.3) is 5.19 Å². The van der Waals surface area contributed by atoms with Crippen molar-refractivity contribution in [2.75, 3.05) is 13.1 Å². The van der Waals surface area contributed by atoms with Crippen LogP contribution in [0.3, 0.4) is 0 Å². The molecule has 0 saturated carbocycles. The summed E-state index contributed by atoms with van der Waals surface area (Å²) in [6.07, 6.45) is 4.22. The predicted molar refractivity (Wildman–Crippen MR) is 82.5 cm³/mol. The van der Waals surface area contributed by atoms with Gasteiger partial charge in [0.1, 0.15) is 6.10 Å². The van der Waals surface area contributed by atoms with E-state index >= 15 is 0 Å². The van der Waals surface area contributed by atoms with E-state index in [1.165, 1.54) is 5.56 Å². The van der Waals surface area contributed by atoms with Crippen molar-refractivity contribution in [3.8, 4) is 5.19 Å². The number of ether oxygens (including phenoxy) is 1. The lowest BCUT2D eigenvalue weighted by molar-refractivity contribution is 0.0965. The Hall–Kier alpha value is -1.10. The van der Waals surface area contributed by atoms with Gasteiger partial charge in [-0.2, -0.15) is 0 Å². The van der Waals surface area contributed by atoms with Crippen LogP contribution >= 0.6 is 22.9 Å². The average molecular weight is 309 g/mol. The maximum atomic E-state index is 5.91. The van der Waals surface area contributed by atoms with Crippen LogP contribution in [-0.2, 0) is 6.54 Å². The Morgan fingerprint density at radius 3 is 2.65 bits per heavy atom. The summed E-state index contributed by atoms with van der Waals surface area (Å²) in [7, 11) is 0. The van der Waals surface area contributed by atoms with E-state index in [1.807, 2.05) is 17.5 Å². The fourth-order valence-corrected chi connectivity index (χ4v) is 3.12. The summed E-state index contributed by atoms with van der Waals surface area (Å²) in [4.78, 5) is 6.64. The second-order valence-electron chi connectivity index (χ2n) is 5.02. The molecule has 0 aliphatic carbocycles. The van der Waals surface area contributed by atoms with Crippen LogP contribution in [0.4, 0.5) is 0 Å². The van der Waals surface area contributed by atoms with Crippen LogP contribution in [0, 0.1) is 0 Å². The lowest BCUT2D eigenvalue weighted by atomic mass is 10.1. The predicted octanol–water partition coefficient (Wildman–Crippen LogP) is 3.84. The molecule has 1 aromatic heterocycles. The fraction of sp³-hybridized carbons (Fsp3) is 0.400. The van der Waals surface area contributed by atoms with E-state index in [0.717, 1.165) is 42.7 Å². The molecule has 0 bridgehead atoms. The zero-order chi connectivity index (χ0) is 13.8. The lowest BCUT2D eigenvalue weighted by Crippen LogP contribution is -2.37. The van der Waals surface area contributed by atoms with Gasteiger partial charge in [0, 0.05) is 36.2 Å². The van der Waals surface area contributed by atoms with Gasteiger partial charge >= 0.3 is 0 Å². The highest BCUT2D eigenvalue weighted by Crippen LogP contribution is 2.22. The van der Waals surface area contributed by atoms with Crippen LogP contribution < -0.4 is 4.74 Å². The van der Waals surface area contributed by atoms with Crippen LogP contribution in [0.15, 0.2) is 35.8 Å². The van der Waals surface area contributed by atoms with E-state index in [1.54, 1.807) is 17.5 Å². The molecular weight excluding hydrogens is 292 g/mol. The van der Waals surface area contributed by atoms with Gasteiger partial charge in [0.15, 0.2) is 0 Å². The molecule has 3 nitrogen and oxygen atoms in total. The first-order chi connectivity index (χ1) is 9.79. The molecular formula is C15H17ClN2OS. The monoisotopic (exact) mass is 308 g/mol. The average Bonchev–Trinajstić information content (AvgIpc) is 2.96. The molecule has 0 amide bonds. The van der Waals surface area contributed by atoms with Crippen LogP contribution in [0.1, 0.15) is 18.4 Å². The summed E-state index contributed by atoms with van der Waals surface area (Å²) in [5.41, 5.74) is 1.31. The Balaban J connectivity index is 1.47. The summed E-state index contributed by atoms with van der Waals surface area (Å²) in [6.45, 7) is 3.12. The van der Waals surface area contributed by atoms with E-state index in [4.69, 9.17) is 16.3 Å². The molecule has 1 saturated heterocycles. The van der Waals surface area contributed by atoms with E-state index in [2.05, 4.69) is 22.0 Å². The second-order valence-corrected chi connectivity index (χ2v) is 6.31. The third kappa shape index (κ3) is 3.72. The quantitative estimate of drug-likeness (QED) is 0.858. The Labute approximate surface area is 128 Å². The number of aromatic nitrogens is 1. The van der Waals surface area contributed by atoms with Crippen LogP contribution in [0.25, 0.3) is 0 Å². The number of nitrogens with zero attached hydrogens (tertiary/aromatic N) is 2. The molecule has 2 aromatic rings. The maximum absolute atomic E-state index is 5.91. The highest BCUT2D eigenvalue weighted by Gasteiger charge is 2.21. The molecule has 1 aliphatic heterocycles. The second kappa shape index (κ2) is 6.57. The highest BCUT2D eigenvalue weighted by molar-refractivity contribution is 7.11. The molecule has 1 aromatic carbocycles. The van der Waals surface area contributed by atoms with E-state index in [0.29, 0.717) is 6.10 Å². The fourth-order valence-electron chi connectivity index (χ4n) is 2.44. The minimum absolute atomic E-state index is 0.308. The smallest absolute Gasteiger partial charge is 0.273 e. The third-order valence-corrected chi connectivity index (χ3v) is 4.44. The number of hydrogen-bond donors (Lipinski definition) is 0. The van der Waals surface area contributed by atoms with Gasteiger partial charge in [-0.15, -0.1) is 0 Å². The standard InChI is InChI=1S/C15H17ClN2OS/c16-13-3-1-12(2-4-13)11-18-8-5-14(6-9-18)19-15-17-7-10-20-15/h1-4,7,10,14H,5-6,8-9,11H2. The molecule has 0 spiro atoms. The number of piperidine rings is 1. The number of thiazole rings is 1. The molecule has 106 valence electrons. The van der Waals surface area contributed by atoms with Gasteiger partial charge in [0.2, 0.25) is 0 Å². The van der Waals surface area contributed by atoms with Crippen molar-refractivity contribution in [3.05, 3.63) is 46.4 Å². The molecule has 2 heterocycles. The van der Waals surface area contributed by atoms with Crippen molar-refractivity contribution in [3.63, 3.8) is 0 Å². The topological polar surface area (TPSA) is 25.4 Å². The van der Waals surface area contributed by atoms with Crippen molar-refractivity contribution >= 4 is 22.9 Å². The number of likely N-dealkylation sites (tertiary alicyclic amines) is 1. The largest absolute Gasteiger partial charge is 0.467 e. The van der Waals surface area contributed by atoms with Gasteiger partial charge in [0.05, 0.1) is 0 Å². The molecule has 0 radical (unpaired) electrons. The number of benzene rings is 1. The third-order valence-electron chi connectivity index (χ3n) is 3.53. The van der Waals surface area contributed by atoms with Crippen molar-refractivity contribution in [1.82, 2.24) is 9.88 Å². The SMILES string of the molecule is Clc1ccc(CN2CCC(Oc3nccs3)CC2)cc1. The van der Waals surface area contributed by atoms with Gasteiger partial charge in [-0.3, -0.25) is 4.90 Å². The van der Waals surface area contributed by atoms with Gasteiger partial charge in [-0.1, -0.05) is 35.1 Å². The number of halogens is 1. The zero-order valence-electron chi connectivity index (χ0n) is 11.2. The normalized spacial score (nSPS) is 17.2. The lowest BCUT2D eigenvalue weighted by Gasteiger charge is -2.31. The van der Waals surface area contributed by atoms with E-state index in [9.17, 15) is 0 Å². The van der Waals surface area contributed by atoms with Crippen molar-refractivity contribution in [2.24, 2.45) is 0 Å². The Morgan fingerprint density at radius 2 is 2.00 bits per heavy atom. The summed E-state index contributed by atoms with van der Waals surface area (Å²) in [5.74, 6) is 0. The van der Waals surface area contributed by atoms with Crippen molar-refractivity contribution in [1.29, 1.82) is 0 Å². The summed E-state index contributed by atoms with van der Waals surface area (Å²) in [5, 5.41) is 3.54. The molecule has 5 heteroatoms. The van der Waals surface area contributed by atoms with Crippen LogP contribution in [0.2, 0.25) is 5.02 Å². The Kier molecular flexibility index (Phi) is 4.55. The molecule has 0 unspecified atom stereocenters. The van der Waals surface area contributed by atoms with Crippen LogP contribution in [-0.4, -0.2) is 29.1 Å². The van der Waals surface area contributed by atoms with E-state index < -0.39 is 0 Å². The van der Waals surface area contributed by atoms with Crippen molar-refractivity contribution < 1.29 is 4.74 Å². The minimum atomic E-state index is 0.308. The summed E-state index contributed by atoms with van der Waals surface area (Å²) >= 11 is 7.47. The first-order valence-electron chi connectivity index (χ1n) is 6.82. The molecule has 1 aliphatic rings. The summed E-state index contributed by atoms with van der Waals surface area (Å²) in [6, 6.07) is 8.10. The Morgan fingerprint density at radius 1 is 1.25 bits per heavy atom. The maximum Gasteiger partial charge on any atom is 0.273 e. The van der Waals surface area contributed by atoms with Gasteiger partial charge in [-0.25, -0.2) is 4.98 Å². The Bertz CT molecular complexity index is 521. The molecule has 20 heavy (non-hydrogen) atoms. The van der Waals surface area contributed by atoms with Gasteiger partial charge in [-0.05, 0) is 30.5 Å². The molecule has 1 fully saturated rings. The zero-order valence-corrected chi connectivity index (χ0v) is 12.7. The highest BCUT2D eigenvalue weighted by atomic mass is 35.5. The van der Waals surface area contributed by atoms with E-state index in [-0.39, 0.29) is 0 Å². The summed E-state index contributed by atoms with van der Waals surface area (Å²) < 4.78 is 5.87. The molecule has 0 atom stereocenters.